The molecule has 9 nitrogen and oxygen atoms in total. The highest BCUT2D eigenvalue weighted by molar-refractivity contribution is 7.22. The van der Waals surface area contributed by atoms with E-state index in [4.69, 9.17) is 27.1 Å². The molecular weight excluding hydrogens is 584 g/mol. The van der Waals surface area contributed by atoms with Gasteiger partial charge in [0.1, 0.15) is 23.8 Å². The first-order valence-electron chi connectivity index (χ1n) is 13.7. The first kappa shape index (κ1) is 28.5. The van der Waals surface area contributed by atoms with Gasteiger partial charge in [0, 0.05) is 48.2 Å². The van der Waals surface area contributed by atoms with Gasteiger partial charge in [-0.25, -0.2) is 13.8 Å². The van der Waals surface area contributed by atoms with Crippen LogP contribution in [0.15, 0.2) is 30.9 Å². The lowest BCUT2D eigenvalue weighted by Crippen LogP contribution is -2.53. The van der Waals surface area contributed by atoms with Crippen molar-refractivity contribution in [3.8, 4) is 17.1 Å². The minimum atomic E-state index is -0.698. The van der Waals surface area contributed by atoms with Gasteiger partial charge < -0.3 is 25.2 Å². The summed E-state index contributed by atoms with van der Waals surface area (Å²) >= 11 is 7.74. The fourth-order valence-electron chi connectivity index (χ4n) is 5.85. The monoisotopic (exact) mass is 613 g/mol. The third kappa shape index (κ3) is 5.01. The van der Waals surface area contributed by atoms with E-state index in [-0.39, 0.29) is 55.5 Å². The molecule has 0 unspecified atom stereocenters. The van der Waals surface area contributed by atoms with E-state index in [9.17, 15) is 9.18 Å². The topological polar surface area (TPSA) is 101 Å². The molecule has 2 aromatic heterocycles. The van der Waals surface area contributed by atoms with Gasteiger partial charge in [-0.15, -0.1) is 0 Å². The lowest BCUT2D eigenvalue weighted by atomic mass is 10.0. The van der Waals surface area contributed by atoms with E-state index in [1.54, 1.807) is 11.0 Å². The summed E-state index contributed by atoms with van der Waals surface area (Å²) in [5.41, 5.74) is 6.48. The number of thiazole rings is 1. The predicted molar refractivity (Wildman–Crippen MR) is 162 cm³/mol. The number of amides is 1. The molecule has 2 atom stereocenters. The number of carbonyl (C=O) groups is 1. The van der Waals surface area contributed by atoms with Crippen molar-refractivity contribution >= 4 is 60.9 Å². The predicted octanol–water partition coefficient (Wildman–Crippen LogP) is 5.12. The fourth-order valence-corrected chi connectivity index (χ4v) is 6.90. The van der Waals surface area contributed by atoms with Gasteiger partial charge in [-0.1, -0.05) is 29.5 Å². The molecule has 2 fully saturated rings. The second-order valence-electron chi connectivity index (χ2n) is 10.7. The van der Waals surface area contributed by atoms with E-state index in [1.165, 1.54) is 18.2 Å². The third-order valence-corrected chi connectivity index (χ3v) is 9.28. The van der Waals surface area contributed by atoms with Gasteiger partial charge in [0.05, 0.1) is 15.2 Å². The SMILES string of the molecule is C=CC(=O)N1CCN(c2nc(OC[C@@H]3CCCN3C)nc3c(F)c(-c4ccc(F)c5sc(N)nc45)c(Cl)cc23)[C@@H](C)C1. The van der Waals surface area contributed by atoms with E-state index in [1.807, 2.05) is 18.9 Å². The van der Waals surface area contributed by atoms with E-state index < -0.39 is 11.6 Å². The summed E-state index contributed by atoms with van der Waals surface area (Å²) in [5, 5.41) is 0.658. The number of fused-ring (bicyclic) bond motifs is 2. The van der Waals surface area contributed by atoms with Crippen LogP contribution >= 0.6 is 22.9 Å². The minimum Gasteiger partial charge on any atom is -0.462 e. The molecule has 2 aliphatic heterocycles. The largest absolute Gasteiger partial charge is 0.462 e. The third-order valence-electron chi connectivity index (χ3n) is 8.09. The number of likely N-dealkylation sites (N-methyl/N-ethyl adjacent to an activating group) is 1. The Morgan fingerprint density at radius 3 is 2.76 bits per heavy atom. The van der Waals surface area contributed by atoms with Crippen LogP contribution < -0.4 is 15.4 Å². The van der Waals surface area contributed by atoms with Crippen LogP contribution in [0.25, 0.3) is 32.2 Å². The van der Waals surface area contributed by atoms with Gasteiger partial charge >= 0.3 is 6.01 Å². The maximum absolute atomic E-state index is 16.6. The molecular formula is C29H30ClF2N7O2S. The van der Waals surface area contributed by atoms with Crippen molar-refractivity contribution < 1.29 is 18.3 Å². The molecule has 2 aliphatic rings. The zero-order chi connectivity index (χ0) is 29.7. The van der Waals surface area contributed by atoms with Crippen molar-refractivity contribution in [3.05, 3.63) is 47.5 Å². The number of hydrogen-bond acceptors (Lipinski definition) is 9. The molecule has 0 bridgehead atoms. The first-order valence-corrected chi connectivity index (χ1v) is 14.9. The zero-order valence-electron chi connectivity index (χ0n) is 23.2. The molecule has 0 spiro atoms. The molecule has 0 radical (unpaired) electrons. The molecule has 2 N–H and O–H groups in total. The maximum Gasteiger partial charge on any atom is 0.319 e. The van der Waals surface area contributed by atoms with Gasteiger partial charge in [0.15, 0.2) is 10.9 Å². The molecule has 4 heterocycles. The van der Waals surface area contributed by atoms with Crippen LogP contribution in [0.1, 0.15) is 19.8 Å². The zero-order valence-corrected chi connectivity index (χ0v) is 24.8. The Morgan fingerprint density at radius 2 is 2.05 bits per heavy atom. The Bertz CT molecular complexity index is 1720. The van der Waals surface area contributed by atoms with Crippen LogP contribution in [0, 0.1) is 11.6 Å². The quantitative estimate of drug-likeness (QED) is 0.299. The minimum absolute atomic E-state index is 0.0200. The van der Waals surface area contributed by atoms with Gasteiger partial charge in [-0.3, -0.25) is 4.79 Å². The normalized spacial score (nSPS) is 19.6. The molecule has 42 heavy (non-hydrogen) atoms. The maximum atomic E-state index is 16.6. The smallest absolute Gasteiger partial charge is 0.319 e. The number of ether oxygens (including phenoxy) is 1. The number of carbonyl (C=O) groups excluding carboxylic acids is 1. The first-order chi connectivity index (χ1) is 20.2. The summed E-state index contributed by atoms with van der Waals surface area (Å²) in [6, 6.07) is 4.42. The Labute approximate surface area is 250 Å². The van der Waals surface area contributed by atoms with E-state index >= 15 is 4.39 Å². The van der Waals surface area contributed by atoms with Crippen molar-refractivity contribution in [1.29, 1.82) is 0 Å². The summed E-state index contributed by atoms with van der Waals surface area (Å²) in [5.74, 6) is -0.884. The highest BCUT2D eigenvalue weighted by Crippen LogP contribution is 2.43. The Balaban J connectivity index is 1.49. The summed E-state index contributed by atoms with van der Waals surface area (Å²) in [7, 11) is 2.04. The second kappa shape index (κ2) is 11.2. The van der Waals surface area contributed by atoms with Crippen LogP contribution in [-0.2, 0) is 4.79 Å². The molecule has 6 rings (SSSR count). The van der Waals surface area contributed by atoms with Crippen molar-refractivity contribution in [2.75, 3.05) is 50.5 Å². The Hall–Kier alpha value is -3.61. The van der Waals surface area contributed by atoms with E-state index in [0.717, 1.165) is 30.7 Å². The number of hydrogen-bond donors (Lipinski definition) is 1. The molecule has 4 aromatic rings. The number of piperazine rings is 1. The fraction of sp³-hybridized carbons (Fsp3) is 0.379. The van der Waals surface area contributed by atoms with Crippen LogP contribution in [0.2, 0.25) is 5.02 Å². The van der Waals surface area contributed by atoms with Crippen LogP contribution in [0.4, 0.5) is 19.7 Å². The molecule has 1 amide bonds. The molecule has 220 valence electrons. The lowest BCUT2D eigenvalue weighted by Gasteiger charge is -2.40. The summed E-state index contributed by atoms with van der Waals surface area (Å²) in [6.45, 7) is 8.23. The van der Waals surface area contributed by atoms with Gasteiger partial charge in [-0.2, -0.15) is 9.97 Å². The number of halogens is 3. The molecule has 0 aliphatic carbocycles. The van der Waals surface area contributed by atoms with Crippen molar-refractivity contribution in [1.82, 2.24) is 24.8 Å². The number of nitrogen functional groups attached to an aromatic ring is 1. The van der Waals surface area contributed by atoms with Gasteiger partial charge in [0.25, 0.3) is 0 Å². The molecule has 0 saturated carbocycles. The van der Waals surface area contributed by atoms with Gasteiger partial charge in [0.2, 0.25) is 5.91 Å². The molecule has 2 saturated heterocycles. The van der Waals surface area contributed by atoms with Crippen LogP contribution in [0.5, 0.6) is 6.01 Å². The summed E-state index contributed by atoms with van der Waals surface area (Å²) < 4.78 is 37.5. The number of likely N-dealkylation sites (tertiary alicyclic amines) is 1. The Morgan fingerprint density at radius 1 is 1.24 bits per heavy atom. The van der Waals surface area contributed by atoms with Crippen molar-refractivity contribution in [3.63, 3.8) is 0 Å². The summed E-state index contributed by atoms with van der Waals surface area (Å²) in [6.07, 6.45) is 3.36. The number of nitrogens with zero attached hydrogens (tertiary/aromatic N) is 6. The van der Waals surface area contributed by atoms with E-state index in [0.29, 0.717) is 43.0 Å². The number of benzene rings is 2. The van der Waals surface area contributed by atoms with Crippen LogP contribution in [0.3, 0.4) is 0 Å². The lowest BCUT2D eigenvalue weighted by molar-refractivity contribution is -0.126. The highest BCUT2D eigenvalue weighted by Gasteiger charge is 2.31. The number of anilines is 2. The second-order valence-corrected chi connectivity index (χ2v) is 12.2. The van der Waals surface area contributed by atoms with Gasteiger partial charge in [-0.05, 0) is 57.6 Å². The average Bonchev–Trinajstić information content (AvgIpc) is 3.57. The average molecular weight is 614 g/mol. The number of nitrogens with two attached hydrogens (primary N) is 1. The summed E-state index contributed by atoms with van der Waals surface area (Å²) in [4.78, 5) is 31.8. The molecule has 13 heteroatoms. The Kier molecular flexibility index (Phi) is 7.62. The standard InChI is InChI=1S/C29H30ClF2N7O2S/c1-4-21(40)38-10-11-39(15(2)13-38)27-18-12-19(30)22(17-7-8-20(31)26-25(17)34-28(33)42-26)23(32)24(18)35-29(36-27)41-14-16-6-5-9-37(16)3/h4,7-8,12,15-16H,1,5-6,9-11,13-14H2,2-3H3,(H2,33,34)/t15-,16-/m0/s1. The highest BCUT2D eigenvalue weighted by atomic mass is 35.5. The number of aromatic nitrogens is 3. The van der Waals surface area contributed by atoms with Crippen molar-refractivity contribution in [2.45, 2.75) is 31.8 Å². The molecule has 2 aromatic carbocycles. The van der Waals surface area contributed by atoms with Crippen molar-refractivity contribution in [2.24, 2.45) is 0 Å². The number of rotatable bonds is 6. The van der Waals surface area contributed by atoms with E-state index in [2.05, 4.69) is 21.4 Å². The van der Waals surface area contributed by atoms with Crippen LogP contribution in [-0.4, -0.2) is 82.6 Å².